The van der Waals surface area contributed by atoms with Crippen LogP contribution < -0.4 is 10.5 Å². The molecule has 0 radical (unpaired) electrons. The first-order chi connectivity index (χ1) is 8.88. The van der Waals surface area contributed by atoms with Crippen LogP contribution in [0, 0.1) is 11.2 Å². The van der Waals surface area contributed by atoms with Gasteiger partial charge in [-0.3, -0.25) is 0 Å². The van der Waals surface area contributed by atoms with Crippen LogP contribution in [0.1, 0.15) is 25.8 Å². The minimum Gasteiger partial charge on any atom is -0.496 e. The van der Waals surface area contributed by atoms with E-state index in [0.717, 1.165) is 24.3 Å². The molecule has 0 heterocycles. The van der Waals surface area contributed by atoms with Crippen molar-refractivity contribution in [1.82, 2.24) is 4.90 Å². The Kier molecular flexibility index (Phi) is 5.76. The normalized spacial score (nSPS) is 11.9. The molecule has 0 aliphatic carbocycles. The molecule has 0 aromatic heterocycles. The highest BCUT2D eigenvalue weighted by Gasteiger charge is 2.16. The van der Waals surface area contributed by atoms with Gasteiger partial charge in [0.15, 0.2) is 0 Å². The molecular formula is C15H25FN2O. The molecule has 1 rings (SSSR count). The van der Waals surface area contributed by atoms with Gasteiger partial charge in [-0.2, -0.15) is 0 Å². The van der Waals surface area contributed by atoms with Crippen molar-refractivity contribution < 1.29 is 9.13 Å². The molecule has 1 aromatic rings. The van der Waals surface area contributed by atoms with Gasteiger partial charge in [-0.25, -0.2) is 4.39 Å². The Morgan fingerprint density at radius 1 is 1.37 bits per heavy atom. The van der Waals surface area contributed by atoms with Crippen LogP contribution in [-0.4, -0.2) is 32.1 Å². The predicted octanol–water partition coefficient (Wildman–Crippen LogP) is 2.64. The topological polar surface area (TPSA) is 38.5 Å². The Bertz CT molecular complexity index is 407. The first-order valence-corrected chi connectivity index (χ1v) is 6.59. The van der Waals surface area contributed by atoms with Crippen LogP contribution in [0.15, 0.2) is 18.2 Å². The minimum atomic E-state index is -0.230. The molecule has 0 saturated heterocycles. The van der Waals surface area contributed by atoms with Crippen molar-refractivity contribution >= 4 is 0 Å². The van der Waals surface area contributed by atoms with E-state index in [9.17, 15) is 4.39 Å². The maximum atomic E-state index is 13.3. The van der Waals surface area contributed by atoms with Crippen LogP contribution in [0.4, 0.5) is 4.39 Å². The molecular weight excluding hydrogens is 243 g/mol. The molecule has 0 bridgehead atoms. The average molecular weight is 268 g/mol. The smallest absolute Gasteiger partial charge is 0.123 e. The highest BCUT2D eigenvalue weighted by atomic mass is 19.1. The second-order valence-corrected chi connectivity index (χ2v) is 5.81. The molecule has 0 atom stereocenters. The zero-order valence-corrected chi connectivity index (χ0v) is 12.4. The average Bonchev–Trinajstić information content (AvgIpc) is 2.37. The lowest BCUT2D eigenvalue weighted by Gasteiger charge is -2.26. The number of ether oxygens (including phenoxy) is 1. The van der Waals surface area contributed by atoms with Gasteiger partial charge in [-0.05, 0) is 50.2 Å². The Hall–Kier alpha value is -1.13. The lowest BCUT2D eigenvalue weighted by Crippen LogP contribution is -2.29. The van der Waals surface area contributed by atoms with Gasteiger partial charge in [0, 0.05) is 12.1 Å². The molecule has 3 nitrogen and oxygen atoms in total. The first-order valence-electron chi connectivity index (χ1n) is 6.59. The summed E-state index contributed by atoms with van der Waals surface area (Å²) in [5, 5.41) is 0. The van der Waals surface area contributed by atoms with E-state index in [1.807, 2.05) is 7.05 Å². The SMILES string of the molecule is COc1ccc(F)cc1CN(C)CCC(C)(C)CN. The highest BCUT2D eigenvalue weighted by Crippen LogP contribution is 2.22. The van der Waals surface area contributed by atoms with Crippen molar-refractivity contribution in [2.75, 3.05) is 27.2 Å². The molecule has 0 aliphatic rings. The van der Waals surface area contributed by atoms with Gasteiger partial charge in [-0.1, -0.05) is 13.8 Å². The van der Waals surface area contributed by atoms with E-state index in [2.05, 4.69) is 18.7 Å². The summed E-state index contributed by atoms with van der Waals surface area (Å²) in [7, 11) is 3.63. The van der Waals surface area contributed by atoms with Gasteiger partial charge in [-0.15, -0.1) is 0 Å². The quantitative estimate of drug-likeness (QED) is 0.826. The number of nitrogens with zero attached hydrogens (tertiary/aromatic N) is 1. The van der Waals surface area contributed by atoms with E-state index >= 15 is 0 Å². The molecule has 0 saturated carbocycles. The van der Waals surface area contributed by atoms with E-state index in [1.54, 1.807) is 13.2 Å². The third kappa shape index (κ3) is 5.17. The Morgan fingerprint density at radius 3 is 2.63 bits per heavy atom. The maximum Gasteiger partial charge on any atom is 0.123 e. The van der Waals surface area contributed by atoms with Gasteiger partial charge in [0.05, 0.1) is 7.11 Å². The first kappa shape index (κ1) is 15.9. The zero-order chi connectivity index (χ0) is 14.5. The van der Waals surface area contributed by atoms with Crippen LogP contribution in [0.5, 0.6) is 5.75 Å². The number of rotatable bonds is 7. The minimum absolute atomic E-state index is 0.139. The third-order valence-corrected chi connectivity index (χ3v) is 3.41. The molecule has 0 aliphatic heterocycles. The number of methoxy groups -OCH3 is 1. The van der Waals surface area contributed by atoms with Crippen molar-refractivity contribution in [2.24, 2.45) is 11.1 Å². The summed E-state index contributed by atoms with van der Waals surface area (Å²) in [5.74, 6) is 0.498. The third-order valence-electron chi connectivity index (χ3n) is 3.41. The van der Waals surface area contributed by atoms with Crippen LogP contribution in [0.3, 0.4) is 0 Å². The van der Waals surface area contributed by atoms with E-state index < -0.39 is 0 Å². The van der Waals surface area contributed by atoms with Crippen molar-refractivity contribution in [3.8, 4) is 5.75 Å². The molecule has 0 fully saturated rings. The second-order valence-electron chi connectivity index (χ2n) is 5.81. The molecule has 1 aromatic carbocycles. The molecule has 4 heteroatoms. The standard InChI is InChI=1S/C15H25FN2O/c1-15(2,11-17)7-8-18(3)10-12-9-13(16)5-6-14(12)19-4/h5-6,9H,7-8,10-11,17H2,1-4H3. The van der Waals surface area contributed by atoms with Crippen LogP contribution in [0.2, 0.25) is 0 Å². The fourth-order valence-electron chi connectivity index (χ4n) is 1.84. The Labute approximate surface area is 115 Å². The fraction of sp³-hybridized carbons (Fsp3) is 0.600. The fourth-order valence-corrected chi connectivity index (χ4v) is 1.84. The number of nitrogens with two attached hydrogens (primary N) is 1. The van der Waals surface area contributed by atoms with Crippen molar-refractivity contribution in [1.29, 1.82) is 0 Å². The number of halogens is 1. The van der Waals surface area contributed by atoms with Crippen LogP contribution in [-0.2, 0) is 6.54 Å². The zero-order valence-electron chi connectivity index (χ0n) is 12.4. The van der Waals surface area contributed by atoms with Gasteiger partial charge in [0.25, 0.3) is 0 Å². The van der Waals surface area contributed by atoms with Gasteiger partial charge in [0.2, 0.25) is 0 Å². The van der Waals surface area contributed by atoms with Crippen LogP contribution in [0.25, 0.3) is 0 Å². The summed E-state index contributed by atoms with van der Waals surface area (Å²) in [6, 6.07) is 4.62. The van der Waals surface area contributed by atoms with E-state index in [4.69, 9.17) is 10.5 Å². The van der Waals surface area contributed by atoms with Crippen LogP contribution >= 0.6 is 0 Å². The summed E-state index contributed by atoms with van der Waals surface area (Å²) >= 11 is 0. The molecule has 19 heavy (non-hydrogen) atoms. The monoisotopic (exact) mass is 268 g/mol. The molecule has 0 spiro atoms. The van der Waals surface area contributed by atoms with Crippen molar-refractivity contribution in [2.45, 2.75) is 26.8 Å². The summed E-state index contributed by atoms with van der Waals surface area (Å²) in [5.41, 5.74) is 6.73. The number of hydrogen-bond acceptors (Lipinski definition) is 3. The Balaban J connectivity index is 2.61. The maximum absolute atomic E-state index is 13.3. The lowest BCUT2D eigenvalue weighted by molar-refractivity contribution is 0.246. The number of benzene rings is 1. The van der Waals surface area contributed by atoms with E-state index in [1.165, 1.54) is 12.1 Å². The molecule has 2 N–H and O–H groups in total. The molecule has 0 amide bonds. The second kappa shape index (κ2) is 6.87. The summed E-state index contributed by atoms with van der Waals surface area (Å²) in [6.07, 6.45) is 1.01. The molecule has 0 unspecified atom stereocenters. The van der Waals surface area contributed by atoms with Crippen molar-refractivity contribution in [3.05, 3.63) is 29.6 Å². The van der Waals surface area contributed by atoms with Gasteiger partial charge >= 0.3 is 0 Å². The van der Waals surface area contributed by atoms with Gasteiger partial charge < -0.3 is 15.4 Å². The summed E-state index contributed by atoms with van der Waals surface area (Å²) < 4.78 is 18.5. The lowest BCUT2D eigenvalue weighted by atomic mass is 9.89. The van der Waals surface area contributed by atoms with E-state index in [0.29, 0.717) is 13.1 Å². The van der Waals surface area contributed by atoms with E-state index in [-0.39, 0.29) is 11.2 Å². The van der Waals surface area contributed by atoms with Gasteiger partial charge in [0.1, 0.15) is 11.6 Å². The summed E-state index contributed by atoms with van der Waals surface area (Å²) in [4.78, 5) is 2.16. The number of hydrogen-bond donors (Lipinski definition) is 1. The molecule has 108 valence electrons. The van der Waals surface area contributed by atoms with Crippen molar-refractivity contribution in [3.63, 3.8) is 0 Å². The largest absolute Gasteiger partial charge is 0.496 e. The summed E-state index contributed by atoms with van der Waals surface area (Å²) in [6.45, 7) is 6.57. The highest BCUT2D eigenvalue weighted by molar-refractivity contribution is 5.33. The Morgan fingerprint density at radius 2 is 2.05 bits per heavy atom. The predicted molar refractivity (Wildman–Crippen MR) is 76.7 cm³/mol.